The summed E-state index contributed by atoms with van der Waals surface area (Å²) >= 11 is 0. The van der Waals surface area contributed by atoms with Gasteiger partial charge in [0.15, 0.2) is 0 Å². The number of carbonyl (C=O) groups excluding carboxylic acids is 1. The van der Waals surface area contributed by atoms with Gasteiger partial charge in [-0.15, -0.1) is 0 Å². The summed E-state index contributed by atoms with van der Waals surface area (Å²) in [7, 11) is 4.93. The van der Waals surface area contributed by atoms with Crippen molar-refractivity contribution in [2.24, 2.45) is 0 Å². The second-order valence-electron chi connectivity index (χ2n) is 8.77. The number of likely N-dealkylation sites (N-methyl/N-ethyl adjacent to an activating group) is 1. The number of rotatable bonds is 8. The summed E-state index contributed by atoms with van der Waals surface area (Å²) in [5.41, 5.74) is -2.90. The maximum atomic E-state index is 13.5. The molecule has 1 amide bonds. The Labute approximate surface area is 214 Å². The van der Waals surface area contributed by atoms with E-state index in [2.05, 4.69) is 15.3 Å². The van der Waals surface area contributed by atoms with E-state index in [0.29, 0.717) is 30.8 Å². The fourth-order valence-electron chi connectivity index (χ4n) is 3.50. The molecule has 1 heterocycles. The number of alkyl halides is 6. The van der Waals surface area contributed by atoms with Gasteiger partial charge in [-0.2, -0.15) is 26.3 Å². The van der Waals surface area contributed by atoms with Gasteiger partial charge in [0.25, 0.3) is 5.91 Å². The monoisotopic (exact) mass is 543 g/mol. The summed E-state index contributed by atoms with van der Waals surface area (Å²) in [5, 5.41) is 2.95. The Hall–Kier alpha value is -3.74. The minimum Gasteiger partial charge on any atom is -0.353 e. The van der Waals surface area contributed by atoms with Crippen molar-refractivity contribution >= 4 is 11.9 Å². The molecule has 0 radical (unpaired) electrons. The summed E-state index contributed by atoms with van der Waals surface area (Å²) < 4.78 is 93.0. The van der Waals surface area contributed by atoms with E-state index in [9.17, 15) is 35.5 Å². The van der Waals surface area contributed by atoms with Crippen molar-refractivity contribution < 1.29 is 35.5 Å². The molecular weight excluding hydrogens is 519 g/mol. The van der Waals surface area contributed by atoms with Gasteiger partial charge in [0.1, 0.15) is 11.5 Å². The molecule has 0 spiro atoms. The SMILES string of the molecule is CN(C)CCNc1ncc(-c2ccc(F)cc2)c(C(=O)N(C)Cc2cc(C(F)(F)F)cc(C(F)(F)F)c2)n1. The first-order chi connectivity index (χ1) is 17.6. The minimum atomic E-state index is -5.02. The second-order valence-corrected chi connectivity index (χ2v) is 8.77. The molecule has 0 aliphatic heterocycles. The highest BCUT2D eigenvalue weighted by molar-refractivity contribution is 5.99. The van der Waals surface area contributed by atoms with Crippen LogP contribution in [-0.2, 0) is 18.9 Å². The molecule has 6 nitrogen and oxygen atoms in total. The lowest BCUT2D eigenvalue weighted by Gasteiger charge is -2.21. The first-order valence-electron chi connectivity index (χ1n) is 11.2. The quantitative estimate of drug-likeness (QED) is 0.377. The molecule has 0 aliphatic rings. The lowest BCUT2D eigenvalue weighted by molar-refractivity contribution is -0.143. The minimum absolute atomic E-state index is 0.0219. The highest BCUT2D eigenvalue weighted by atomic mass is 19.4. The fraction of sp³-hybridized carbons (Fsp3) is 0.320. The normalized spacial score (nSPS) is 12.1. The van der Waals surface area contributed by atoms with Crippen molar-refractivity contribution in [3.63, 3.8) is 0 Å². The molecule has 1 aromatic heterocycles. The van der Waals surface area contributed by atoms with Gasteiger partial charge in [-0.1, -0.05) is 12.1 Å². The highest BCUT2D eigenvalue weighted by Gasteiger charge is 2.37. The lowest BCUT2D eigenvalue weighted by atomic mass is 10.0. The zero-order valence-electron chi connectivity index (χ0n) is 20.6. The van der Waals surface area contributed by atoms with Crippen LogP contribution in [0, 0.1) is 5.82 Å². The Bertz CT molecular complexity index is 1240. The van der Waals surface area contributed by atoms with Crippen LogP contribution in [0.2, 0.25) is 0 Å². The maximum absolute atomic E-state index is 13.5. The van der Waals surface area contributed by atoms with Gasteiger partial charge >= 0.3 is 12.4 Å². The Morgan fingerprint density at radius 2 is 1.50 bits per heavy atom. The molecular formula is C25H24F7N5O. The first kappa shape index (κ1) is 28.8. The fourth-order valence-corrected chi connectivity index (χ4v) is 3.50. The Morgan fingerprint density at radius 3 is 2.03 bits per heavy atom. The van der Waals surface area contributed by atoms with Crippen molar-refractivity contribution in [3.05, 3.63) is 76.9 Å². The van der Waals surface area contributed by atoms with Crippen molar-refractivity contribution in [2.75, 3.05) is 39.5 Å². The van der Waals surface area contributed by atoms with Crippen LogP contribution >= 0.6 is 0 Å². The molecule has 2 aromatic carbocycles. The molecule has 0 saturated carbocycles. The Kier molecular flexibility index (Phi) is 8.60. The molecule has 3 rings (SSSR count). The molecule has 0 saturated heterocycles. The van der Waals surface area contributed by atoms with Crippen molar-refractivity contribution in [2.45, 2.75) is 18.9 Å². The number of hydrogen-bond donors (Lipinski definition) is 1. The number of aromatic nitrogens is 2. The average Bonchev–Trinajstić information content (AvgIpc) is 2.82. The average molecular weight is 543 g/mol. The molecule has 0 atom stereocenters. The predicted octanol–water partition coefficient (Wildman–Crippen LogP) is 5.57. The molecule has 0 unspecified atom stereocenters. The third kappa shape index (κ3) is 7.40. The molecule has 0 fully saturated rings. The van der Waals surface area contributed by atoms with Gasteiger partial charge in [-0.3, -0.25) is 4.79 Å². The number of hydrogen-bond acceptors (Lipinski definition) is 5. The van der Waals surface area contributed by atoms with Crippen molar-refractivity contribution in [1.82, 2.24) is 19.8 Å². The van der Waals surface area contributed by atoms with Crippen LogP contribution in [-0.4, -0.2) is 59.9 Å². The third-order valence-electron chi connectivity index (χ3n) is 5.40. The molecule has 38 heavy (non-hydrogen) atoms. The van der Waals surface area contributed by atoms with Crippen molar-refractivity contribution in [3.8, 4) is 11.1 Å². The maximum Gasteiger partial charge on any atom is 0.416 e. The van der Waals surface area contributed by atoms with E-state index in [4.69, 9.17) is 0 Å². The van der Waals surface area contributed by atoms with E-state index in [1.807, 2.05) is 19.0 Å². The number of anilines is 1. The number of nitrogens with zero attached hydrogens (tertiary/aromatic N) is 4. The second kappa shape index (κ2) is 11.3. The predicted molar refractivity (Wildman–Crippen MR) is 127 cm³/mol. The topological polar surface area (TPSA) is 61.4 Å². The summed E-state index contributed by atoms with van der Waals surface area (Å²) in [6.07, 6.45) is -8.70. The summed E-state index contributed by atoms with van der Waals surface area (Å²) in [4.78, 5) is 24.7. The van der Waals surface area contributed by atoms with Crippen LogP contribution in [0.3, 0.4) is 0 Å². The summed E-state index contributed by atoms with van der Waals surface area (Å²) in [5.74, 6) is -1.21. The molecule has 0 bridgehead atoms. The molecule has 13 heteroatoms. The van der Waals surface area contributed by atoms with E-state index in [0.717, 1.165) is 17.0 Å². The van der Waals surface area contributed by atoms with Crippen LogP contribution in [0.15, 0.2) is 48.7 Å². The van der Waals surface area contributed by atoms with Crippen LogP contribution in [0.1, 0.15) is 27.2 Å². The van der Waals surface area contributed by atoms with E-state index < -0.39 is 41.7 Å². The zero-order valence-corrected chi connectivity index (χ0v) is 20.6. The zero-order chi connectivity index (χ0) is 28.3. The number of carbonyl (C=O) groups is 1. The molecule has 1 N–H and O–H groups in total. The Morgan fingerprint density at radius 1 is 0.921 bits per heavy atom. The van der Waals surface area contributed by atoms with Gasteiger partial charge in [0.05, 0.1) is 11.1 Å². The number of nitrogens with one attached hydrogen (secondary N) is 1. The number of halogens is 7. The highest BCUT2D eigenvalue weighted by Crippen LogP contribution is 2.36. The van der Waals surface area contributed by atoms with Crippen LogP contribution in [0.5, 0.6) is 0 Å². The largest absolute Gasteiger partial charge is 0.416 e. The lowest BCUT2D eigenvalue weighted by Crippen LogP contribution is -2.29. The Balaban J connectivity index is 1.98. The van der Waals surface area contributed by atoms with Crippen LogP contribution in [0.25, 0.3) is 11.1 Å². The van der Waals surface area contributed by atoms with Gasteiger partial charge in [-0.25, -0.2) is 14.4 Å². The number of amides is 1. The van der Waals surface area contributed by atoms with E-state index in [-0.39, 0.29) is 28.8 Å². The number of benzene rings is 2. The van der Waals surface area contributed by atoms with Crippen LogP contribution < -0.4 is 5.32 Å². The molecule has 0 aliphatic carbocycles. The third-order valence-corrected chi connectivity index (χ3v) is 5.40. The first-order valence-corrected chi connectivity index (χ1v) is 11.2. The van der Waals surface area contributed by atoms with Gasteiger partial charge in [-0.05, 0) is 55.6 Å². The van der Waals surface area contributed by atoms with Gasteiger partial charge < -0.3 is 15.1 Å². The van der Waals surface area contributed by atoms with E-state index in [1.165, 1.54) is 25.4 Å². The van der Waals surface area contributed by atoms with E-state index in [1.54, 1.807) is 0 Å². The van der Waals surface area contributed by atoms with Crippen molar-refractivity contribution in [1.29, 1.82) is 0 Å². The van der Waals surface area contributed by atoms with E-state index >= 15 is 0 Å². The van der Waals surface area contributed by atoms with Gasteiger partial charge in [0.2, 0.25) is 5.95 Å². The van der Waals surface area contributed by atoms with Crippen LogP contribution in [0.4, 0.5) is 36.7 Å². The summed E-state index contributed by atoms with van der Waals surface area (Å²) in [6, 6.07) is 6.27. The smallest absolute Gasteiger partial charge is 0.353 e. The molecule has 3 aromatic rings. The molecule has 204 valence electrons. The standard InChI is InChI=1S/C25H24F7N5O/c1-36(2)9-8-33-23-34-13-20(16-4-6-19(26)7-5-16)21(35-23)22(38)37(3)14-15-10-17(24(27,28)29)12-18(11-15)25(30,31)32/h4-7,10-13H,8-9,14H2,1-3H3,(H,33,34,35). The van der Waals surface area contributed by atoms with Gasteiger partial charge in [0, 0.05) is 38.4 Å². The summed E-state index contributed by atoms with van der Waals surface area (Å²) in [6.45, 7) is 0.474.